The van der Waals surface area contributed by atoms with E-state index in [-0.39, 0.29) is 18.6 Å². The van der Waals surface area contributed by atoms with Crippen molar-refractivity contribution in [3.8, 4) is 0 Å². The summed E-state index contributed by atoms with van der Waals surface area (Å²) in [6.07, 6.45) is 2.37. The van der Waals surface area contributed by atoms with E-state index >= 15 is 0 Å². The van der Waals surface area contributed by atoms with Crippen molar-refractivity contribution in [2.45, 2.75) is 25.3 Å². The summed E-state index contributed by atoms with van der Waals surface area (Å²) in [6, 6.07) is 0.280. The largest absolute Gasteiger partial charge is 0.395 e. The maximum Gasteiger partial charge on any atom is 0.224 e. The van der Waals surface area contributed by atoms with Gasteiger partial charge in [-0.25, -0.2) is 0 Å². The third kappa shape index (κ3) is 3.73. The smallest absolute Gasteiger partial charge is 0.224 e. The lowest BCUT2D eigenvalue weighted by atomic mass is 10.0. The minimum atomic E-state index is 0.0304. The van der Waals surface area contributed by atoms with Gasteiger partial charge in [-0.05, 0) is 33.0 Å². The molecule has 1 fully saturated rings. The minimum absolute atomic E-state index is 0.0304. The highest BCUT2D eigenvalue weighted by molar-refractivity contribution is 5.76. The Hall–Kier alpha value is -0.650. The van der Waals surface area contributed by atoms with Gasteiger partial charge in [0.1, 0.15) is 0 Å². The molecule has 94 valence electrons. The van der Waals surface area contributed by atoms with Crippen molar-refractivity contribution >= 4 is 5.91 Å². The highest BCUT2D eigenvalue weighted by Gasteiger charge is 2.25. The van der Waals surface area contributed by atoms with Gasteiger partial charge in [0, 0.05) is 25.6 Å². The van der Waals surface area contributed by atoms with E-state index in [1.54, 1.807) is 4.90 Å². The lowest BCUT2D eigenvalue weighted by molar-refractivity contribution is -0.134. The molecule has 1 rings (SSSR count). The van der Waals surface area contributed by atoms with Crippen LogP contribution in [0.4, 0.5) is 0 Å². The van der Waals surface area contributed by atoms with Crippen molar-refractivity contribution < 1.29 is 9.90 Å². The van der Waals surface area contributed by atoms with E-state index in [1.165, 1.54) is 0 Å². The summed E-state index contributed by atoms with van der Waals surface area (Å²) < 4.78 is 0. The van der Waals surface area contributed by atoms with Gasteiger partial charge in [-0.15, -0.1) is 0 Å². The van der Waals surface area contributed by atoms with Crippen LogP contribution in [-0.4, -0.2) is 66.7 Å². The van der Waals surface area contributed by atoms with Crippen molar-refractivity contribution in [1.29, 1.82) is 0 Å². The molecule has 0 spiro atoms. The summed E-state index contributed by atoms with van der Waals surface area (Å²) in [4.78, 5) is 15.9. The van der Waals surface area contributed by atoms with Crippen LogP contribution in [0.15, 0.2) is 0 Å². The molecule has 1 heterocycles. The lowest BCUT2D eigenvalue weighted by Gasteiger charge is -2.37. The number of carbonyl (C=O) groups is 1. The molecular weight excluding hydrogens is 206 g/mol. The summed E-state index contributed by atoms with van der Waals surface area (Å²) in [5.41, 5.74) is 5.40. The monoisotopic (exact) mass is 229 g/mol. The third-order valence-corrected chi connectivity index (χ3v) is 3.15. The van der Waals surface area contributed by atoms with Crippen molar-refractivity contribution in [2.24, 2.45) is 5.73 Å². The molecule has 0 aliphatic carbocycles. The van der Waals surface area contributed by atoms with Gasteiger partial charge in [0.25, 0.3) is 0 Å². The molecule has 5 nitrogen and oxygen atoms in total. The van der Waals surface area contributed by atoms with E-state index in [9.17, 15) is 4.79 Å². The standard InChI is InChI=1S/C11H23N3O2/c1-13-6-3-10(4-7-13)14(8-9-15)11(16)2-5-12/h10,15H,2-9,12H2,1H3. The fraction of sp³-hybridized carbons (Fsp3) is 0.909. The van der Waals surface area contributed by atoms with Crippen LogP contribution in [0.3, 0.4) is 0 Å². The lowest BCUT2D eigenvalue weighted by Crippen LogP contribution is -2.48. The fourth-order valence-corrected chi connectivity index (χ4v) is 2.19. The molecule has 0 atom stereocenters. The van der Waals surface area contributed by atoms with Gasteiger partial charge in [0.2, 0.25) is 5.91 Å². The number of likely N-dealkylation sites (tertiary alicyclic amines) is 1. The van der Waals surface area contributed by atoms with Gasteiger partial charge in [-0.2, -0.15) is 0 Å². The Labute approximate surface area is 97.2 Å². The van der Waals surface area contributed by atoms with Crippen LogP contribution >= 0.6 is 0 Å². The Kier molecular flexibility index (Phi) is 5.73. The van der Waals surface area contributed by atoms with E-state index in [0.29, 0.717) is 19.5 Å². The minimum Gasteiger partial charge on any atom is -0.395 e. The normalized spacial score (nSPS) is 18.7. The summed E-state index contributed by atoms with van der Waals surface area (Å²) in [7, 11) is 2.09. The highest BCUT2D eigenvalue weighted by Crippen LogP contribution is 2.16. The molecule has 0 unspecified atom stereocenters. The predicted octanol–water partition coefficient (Wildman–Crippen LogP) is -0.750. The molecule has 5 heteroatoms. The first-order valence-electron chi connectivity index (χ1n) is 5.98. The van der Waals surface area contributed by atoms with E-state index < -0.39 is 0 Å². The van der Waals surface area contributed by atoms with Crippen LogP contribution in [0.25, 0.3) is 0 Å². The zero-order chi connectivity index (χ0) is 12.0. The summed E-state index contributed by atoms with van der Waals surface area (Å²) in [5.74, 6) is 0.0751. The second kappa shape index (κ2) is 6.83. The van der Waals surface area contributed by atoms with Gasteiger partial charge in [-0.1, -0.05) is 0 Å². The molecule has 1 amide bonds. The Morgan fingerprint density at radius 2 is 2.12 bits per heavy atom. The average Bonchev–Trinajstić information content (AvgIpc) is 2.28. The molecule has 16 heavy (non-hydrogen) atoms. The number of nitrogens with zero attached hydrogens (tertiary/aromatic N) is 2. The average molecular weight is 229 g/mol. The van der Waals surface area contributed by atoms with Crippen LogP contribution in [-0.2, 0) is 4.79 Å². The number of aliphatic hydroxyl groups is 1. The van der Waals surface area contributed by atoms with E-state index in [4.69, 9.17) is 10.8 Å². The van der Waals surface area contributed by atoms with Gasteiger partial charge in [-0.3, -0.25) is 4.79 Å². The topological polar surface area (TPSA) is 69.8 Å². The number of carbonyl (C=O) groups excluding carboxylic acids is 1. The molecule has 0 aromatic rings. The zero-order valence-corrected chi connectivity index (χ0v) is 10.1. The molecule has 0 aromatic carbocycles. The van der Waals surface area contributed by atoms with Gasteiger partial charge < -0.3 is 20.6 Å². The fourth-order valence-electron chi connectivity index (χ4n) is 2.19. The van der Waals surface area contributed by atoms with Crippen molar-refractivity contribution in [3.05, 3.63) is 0 Å². The SMILES string of the molecule is CN1CCC(N(CCO)C(=O)CCN)CC1. The van der Waals surface area contributed by atoms with Crippen LogP contribution < -0.4 is 5.73 Å². The van der Waals surface area contributed by atoms with Crippen LogP contribution in [0.2, 0.25) is 0 Å². The maximum absolute atomic E-state index is 11.8. The van der Waals surface area contributed by atoms with Gasteiger partial charge in [0.15, 0.2) is 0 Å². The van der Waals surface area contributed by atoms with Crippen LogP contribution in [0, 0.1) is 0 Å². The molecule has 1 aliphatic heterocycles. The number of amides is 1. The van der Waals surface area contributed by atoms with Gasteiger partial charge in [0.05, 0.1) is 6.61 Å². The first kappa shape index (κ1) is 13.4. The Morgan fingerprint density at radius 3 is 2.62 bits per heavy atom. The second-order valence-electron chi connectivity index (χ2n) is 4.38. The predicted molar refractivity (Wildman–Crippen MR) is 63.0 cm³/mol. The molecule has 0 bridgehead atoms. The van der Waals surface area contributed by atoms with Crippen molar-refractivity contribution in [3.63, 3.8) is 0 Å². The zero-order valence-electron chi connectivity index (χ0n) is 10.1. The first-order chi connectivity index (χ1) is 7.69. The third-order valence-electron chi connectivity index (χ3n) is 3.15. The molecule has 1 saturated heterocycles. The number of rotatable bonds is 5. The van der Waals surface area contributed by atoms with E-state index in [0.717, 1.165) is 25.9 Å². The molecule has 1 aliphatic rings. The second-order valence-corrected chi connectivity index (χ2v) is 4.38. The first-order valence-corrected chi connectivity index (χ1v) is 5.98. The van der Waals surface area contributed by atoms with Crippen molar-refractivity contribution in [2.75, 3.05) is 39.8 Å². The summed E-state index contributed by atoms with van der Waals surface area (Å²) >= 11 is 0. The molecule has 3 N–H and O–H groups in total. The Balaban J connectivity index is 2.51. The Morgan fingerprint density at radius 1 is 1.50 bits per heavy atom. The summed E-state index contributed by atoms with van der Waals surface area (Å²) in [5, 5.41) is 9.00. The van der Waals surface area contributed by atoms with E-state index in [1.807, 2.05) is 0 Å². The number of hydrogen-bond acceptors (Lipinski definition) is 4. The van der Waals surface area contributed by atoms with Gasteiger partial charge >= 0.3 is 0 Å². The molecule has 0 aromatic heterocycles. The maximum atomic E-state index is 11.8. The summed E-state index contributed by atoms with van der Waals surface area (Å²) in [6.45, 7) is 2.88. The van der Waals surface area contributed by atoms with Crippen molar-refractivity contribution in [1.82, 2.24) is 9.80 Å². The number of hydrogen-bond donors (Lipinski definition) is 2. The molecular formula is C11H23N3O2. The van der Waals surface area contributed by atoms with Crippen LogP contribution in [0.1, 0.15) is 19.3 Å². The number of aliphatic hydroxyl groups excluding tert-OH is 1. The van der Waals surface area contributed by atoms with E-state index in [2.05, 4.69) is 11.9 Å². The quantitative estimate of drug-likeness (QED) is 0.651. The number of piperidine rings is 1. The highest BCUT2D eigenvalue weighted by atomic mass is 16.3. The Bertz CT molecular complexity index is 215. The molecule has 0 saturated carbocycles. The number of nitrogens with two attached hydrogens (primary N) is 1. The molecule has 0 radical (unpaired) electrons. The van der Waals surface area contributed by atoms with Crippen LogP contribution in [0.5, 0.6) is 0 Å².